The van der Waals surface area contributed by atoms with Crippen molar-refractivity contribution in [1.82, 2.24) is 19.5 Å². The first-order chi connectivity index (χ1) is 8.74. The van der Waals surface area contributed by atoms with Gasteiger partial charge >= 0.3 is 0 Å². The maximum Gasteiger partial charge on any atom is 0.222 e. The maximum absolute atomic E-state index is 5.68. The Kier molecular flexibility index (Phi) is 2.44. The smallest absolute Gasteiger partial charge is 0.222 e. The molecule has 1 aromatic carbocycles. The van der Waals surface area contributed by atoms with Crippen molar-refractivity contribution < 1.29 is 0 Å². The molecule has 18 heavy (non-hydrogen) atoms. The van der Waals surface area contributed by atoms with Crippen molar-refractivity contribution in [2.24, 2.45) is 0 Å². The Balaban J connectivity index is 2.08. The Morgan fingerprint density at radius 1 is 1.17 bits per heavy atom. The van der Waals surface area contributed by atoms with Gasteiger partial charge in [0.1, 0.15) is 5.52 Å². The van der Waals surface area contributed by atoms with Crippen molar-refractivity contribution in [1.29, 1.82) is 0 Å². The van der Waals surface area contributed by atoms with Gasteiger partial charge < -0.3 is 10.3 Å². The van der Waals surface area contributed by atoms with Crippen LogP contribution in [-0.4, -0.2) is 19.5 Å². The van der Waals surface area contributed by atoms with Crippen molar-refractivity contribution in [3.8, 4) is 0 Å². The van der Waals surface area contributed by atoms with E-state index in [-0.39, 0.29) is 5.95 Å². The lowest BCUT2D eigenvalue weighted by molar-refractivity contribution is 0.814. The second-order valence-corrected chi connectivity index (χ2v) is 4.20. The van der Waals surface area contributed by atoms with E-state index in [1.165, 1.54) is 5.56 Å². The average Bonchev–Trinajstić information content (AvgIpc) is 2.74. The molecule has 0 aliphatic heterocycles. The Hall–Kier alpha value is -2.43. The van der Waals surface area contributed by atoms with Crippen LogP contribution >= 0.6 is 0 Å². The van der Waals surface area contributed by atoms with Crippen LogP contribution in [0, 0.1) is 6.92 Å². The van der Waals surface area contributed by atoms with E-state index in [9.17, 15) is 0 Å². The number of fused-ring (bicyclic) bond motifs is 1. The first kappa shape index (κ1) is 10.7. The fraction of sp³-hybridized carbons (Fsp3) is 0.154. The highest BCUT2D eigenvalue weighted by Gasteiger charge is 2.09. The van der Waals surface area contributed by atoms with Crippen molar-refractivity contribution >= 4 is 17.1 Å². The molecule has 0 spiro atoms. The number of aromatic nitrogens is 4. The topological polar surface area (TPSA) is 69.6 Å². The van der Waals surface area contributed by atoms with Gasteiger partial charge in [0.2, 0.25) is 5.95 Å². The molecule has 5 heteroatoms. The first-order valence-electron chi connectivity index (χ1n) is 5.73. The van der Waals surface area contributed by atoms with E-state index in [4.69, 9.17) is 5.73 Å². The Morgan fingerprint density at radius 2 is 1.94 bits per heavy atom. The molecule has 0 radical (unpaired) electrons. The summed E-state index contributed by atoms with van der Waals surface area (Å²) in [4.78, 5) is 12.7. The van der Waals surface area contributed by atoms with Crippen LogP contribution in [-0.2, 0) is 6.54 Å². The minimum Gasteiger partial charge on any atom is -0.368 e. The molecule has 2 aromatic heterocycles. The Morgan fingerprint density at radius 3 is 2.72 bits per heavy atom. The number of imidazole rings is 1. The zero-order valence-electron chi connectivity index (χ0n) is 10.0. The predicted octanol–water partition coefficient (Wildman–Crippen LogP) is 1.77. The molecule has 90 valence electrons. The van der Waals surface area contributed by atoms with E-state index in [0.29, 0.717) is 0 Å². The number of anilines is 1. The minimum atomic E-state index is 0.287. The average molecular weight is 239 g/mol. The van der Waals surface area contributed by atoms with Crippen LogP contribution in [0.3, 0.4) is 0 Å². The van der Waals surface area contributed by atoms with Crippen molar-refractivity contribution in [3.63, 3.8) is 0 Å². The lowest BCUT2D eigenvalue weighted by Crippen LogP contribution is -2.03. The van der Waals surface area contributed by atoms with E-state index in [0.717, 1.165) is 23.4 Å². The quantitative estimate of drug-likeness (QED) is 0.739. The Labute approximate surface area is 104 Å². The zero-order valence-corrected chi connectivity index (χ0v) is 10.0. The molecule has 0 bridgehead atoms. The second-order valence-electron chi connectivity index (χ2n) is 4.20. The fourth-order valence-corrected chi connectivity index (χ4v) is 2.00. The highest BCUT2D eigenvalue weighted by atomic mass is 15.1. The first-order valence-corrected chi connectivity index (χ1v) is 5.73. The molecule has 0 saturated carbocycles. The number of nitrogen functional groups attached to an aromatic ring is 1. The largest absolute Gasteiger partial charge is 0.368 e. The molecule has 0 unspecified atom stereocenters. The van der Waals surface area contributed by atoms with Gasteiger partial charge in [0, 0.05) is 0 Å². The third-order valence-corrected chi connectivity index (χ3v) is 2.85. The molecular formula is C13H13N5. The summed E-state index contributed by atoms with van der Waals surface area (Å²) < 4.78 is 1.98. The number of nitrogens with zero attached hydrogens (tertiary/aromatic N) is 4. The monoisotopic (exact) mass is 239 g/mol. The van der Waals surface area contributed by atoms with Crippen LogP contribution < -0.4 is 5.73 Å². The van der Waals surface area contributed by atoms with Crippen LogP contribution in [0.15, 0.2) is 36.7 Å². The van der Waals surface area contributed by atoms with Gasteiger partial charge in [0.25, 0.3) is 0 Å². The summed E-state index contributed by atoms with van der Waals surface area (Å²) in [5.74, 6) is 0.287. The van der Waals surface area contributed by atoms with Gasteiger partial charge in [-0.1, -0.05) is 30.3 Å². The molecule has 0 amide bonds. The standard InChI is InChI=1S/C13H13N5/c1-9-11-12(17-13(14)16-9)18(8-15-11)7-10-5-3-2-4-6-10/h2-6,8H,7H2,1H3,(H2,14,16,17). The Bertz CT molecular complexity index is 687. The molecule has 2 N–H and O–H groups in total. The highest BCUT2D eigenvalue weighted by molar-refractivity contribution is 5.74. The number of nitrogens with two attached hydrogens (primary N) is 1. The van der Waals surface area contributed by atoms with Crippen LogP contribution in [0.2, 0.25) is 0 Å². The van der Waals surface area contributed by atoms with Gasteiger partial charge in [-0.15, -0.1) is 0 Å². The van der Waals surface area contributed by atoms with Crippen LogP contribution in [0.1, 0.15) is 11.3 Å². The molecule has 0 saturated heterocycles. The number of rotatable bonds is 2. The molecule has 2 heterocycles. The normalized spacial score (nSPS) is 10.9. The molecule has 0 aliphatic carbocycles. The lowest BCUT2D eigenvalue weighted by atomic mass is 10.2. The third-order valence-electron chi connectivity index (χ3n) is 2.85. The molecule has 0 fully saturated rings. The van der Waals surface area contributed by atoms with Gasteiger partial charge in [-0.3, -0.25) is 0 Å². The summed E-state index contributed by atoms with van der Waals surface area (Å²) in [6.07, 6.45) is 1.78. The SMILES string of the molecule is Cc1nc(N)nc2c1ncn2Cc1ccccc1. The summed E-state index contributed by atoms with van der Waals surface area (Å²) in [6, 6.07) is 10.2. The van der Waals surface area contributed by atoms with E-state index >= 15 is 0 Å². The summed E-state index contributed by atoms with van der Waals surface area (Å²) >= 11 is 0. The van der Waals surface area contributed by atoms with E-state index in [1.54, 1.807) is 6.33 Å². The summed E-state index contributed by atoms with van der Waals surface area (Å²) in [7, 11) is 0. The van der Waals surface area contributed by atoms with Gasteiger partial charge in [0.15, 0.2) is 5.65 Å². The maximum atomic E-state index is 5.68. The third kappa shape index (κ3) is 1.79. The molecular weight excluding hydrogens is 226 g/mol. The number of hydrogen-bond acceptors (Lipinski definition) is 4. The van der Waals surface area contributed by atoms with Gasteiger partial charge in [-0.2, -0.15) is 4.98 Å². The molecule has 0 atom stereocenters. The molecule has 3 aromatic rings. The predicted molar refractivity (Wildman–Crippen MR) is 70.0 cm³/mol. The van der Waals surface area contributed by atoms with Crippen molar-refractivity contribution in [3.05, 3.63) is 47.9 Å². The lowest BCUT2D eigenvalue weighted by Gasteiger charge is -2.04. The van der Waals surface area contributed by atoms with Crippen LogP contribution in [0.4, 0.5) is 5.95 Å². The van der Waals surface area contributed by atoms with Gasteiger partial charge in [-0.25, -0.2) is 9.97 Å². The van der Waals surface area contributed by atoms with Crippen molar-refractivity contribution in [2.45, 2.75) is 13.5 Å². The van der Waals surface area contributed by atoms with E-state index in [1.807, 2.05) is 29.7 Å². The minimum absolute atomic E-state index is 0.287. The van der Waals surface area contributed by atoms with Crippen LogP contribution in [0.25, 0.3) is 11.2 Å². The number of hydrogen-bond donors (Lipinski definition) is 1. The molecule has 5 nitrogen and oxygen atoms in total. The van der Waals surface area contributed by atoms with E-state index < -0.39 is 0 Å². The van der Waals surface area contributed by atoms with Gasteiger partial charge in [0.05, 0.1) is 18.6 Å². The van der Waals surface area contributed by atoms with E-state index in [2.05, 4.69) is 27.1 Å². The van der Waals surface area contributed by atoms with Crippen molar-refractivity contribution in [2.75, 3.05) is 5.73 Å². The van der Waals surface area contributed by atoms with Gasteiger partial charge in [-0.05, 0) is 12.5 Å². The molecule has 3 rings (SSSR count). The number of aryl methyl sites for hydroxylation is 1. The number of benzene rings is 1. The second kappa shape index (κ2) is 4.10. The van der Waals surface area contributed by atoms with Crippen LogP contribution in [0.5, 0.6) is 0 Å². The summed E-state index contributed by atoms with van der Waals surface area (Å²) in [5, 5.41) is 0. The zero-order chi connectivity index (χ0) is 12.5. The molecule has 0 aliphatic rings. The summed E-state index contributed by atoms with van der Waals surface area (Å²) in [5.41, 5.74) is 9.28. The fourth-order valence-electron chi connectivity index (χ4n) is 2.00. The summed E-state index contributed by atoms with van der Waals surface area (Å²) in [6.45, 7) is 2.62. The highest BCUT2D eigenvalue weighted by Crippen LogP contribution is 2.15.